The van der Waals surface area contributed by atoms with Crippen LogP contribution < -0.4 is 5.73 Å². The minimum atomic E-state index is 0.228. The zero-order valence-corrected chi connectivity index (χ0v) is 9.59. The van der Waals surface area contributed by atoms with Crippen molar-refractivity contribution in [2.75, 3.05) is 19.6 Å². The third-order valence-electron chi connectivity index (χ3n) is 3.03. The zero-order chi connectivity index (χ0) is 11.5. The molecule has 0 saturated carbocycles. The van der Waals surface area contributed by atoms with Gasteiger partial charge in [0.1, 0.15) is 0 Å². The third kappa shape index (κ3) is 2.41. The Balaban J connectivity index is 1.84. The molecule has 0 aromatic carbocycles. The highest BCUT2D eigenvalue weighted by atomic mass is 16.2. The Labute approximate surface area is 95.2 Å². The van der Waals surface area contributed by atoms with Crippen molar-refractivity contribution in [2.45, 2.75) is 12.8 Å². The molecule has 0 bridgehead atoms. The van der Waals surface area contributed by atoms with Gasteiger partial charge in [0, 0.05) is 39.2 Å². The van der Waals surface area contributed by atoms with E-state index in [4.69, 9.17) is 5.73 Å². The van der Waals surface area contributed by atoms with E-state index in [0.717, 1.165) is 25.2 Å². The lowest BCUT2D eigenvalue weighted by molar-refractivity contribution is -0.127. The van der Waals surface area contributed by atoms with Crippen LogP contribution >= 0.6 is 0 Å². The molecule has 0 spiro atoms. The first-order valence-corrected chi connectivity index (χ1v) is 5.65. The predicted molar refractivity (Wildman–Crippen MR) is 60.7 cm³/mol. The molecule has 1 fully saturated rings. The Kier molecular flexibility index (Phi) is 3.24. The Hall–Kier alpha value is -1.36. The monoisotopic (exact) mass is 222 g/mol. The number of aryl methyl sites for hydroxylation is 1. The summed E-state index contributed by atoms with van der Waals surface area (Å²) >= 11 is 0. The van der Waals surface area contributed by atoms with E-state index in [-0.39, 0.29) is 5.91 Å². The van der Waals surface area contributed by atoms with Gasteiger partial charge in [-0.15, -0.1) is 0 Å². The lowest BCUT2D eigenvalue weighted by Crippen LogP contribution is -2.28. The molecule has 1 aromatic rings. The summed E-state index contributed by atoms with van der Waals surface area (Å²) in [5.41, 5.74) is 6.61. The molecule has 2 N–H and O–H groups in total. The number of nitrogens with zero attached hydrogens (tertiary/aromatic N) is 3. The van der Waals surface area contributed by atoms with Crippen LogP contribution in [0, 0.1) is 5.92 Å². The molecule has 16 heavy (non-hydrogen) atoms. The van der Waals surface area contributed by atoms with E-state index in [2.05, 4.69) is 5.10 Å². The average Bonchev–Trinajstić information content (AvgIpc) is 2.82. The number of carbonyl (C=O) groups is 1. The Morgan fingerprint density at radius 1 is 1.62 bits per heavy atom. The molecular formula is C11H18N4O. The number of amides is 1. The van der Waals surface area contributed by atoms with Crippen molar-refractivity contribution >= 4 is 5.91 Å². The quantitative estimate of drug-likeness (QED) is 0.765. The molecule has 1 unspecified atom stereocenters. The molecule has 0 radical (unpaired) electrons. The minimum Gasteiger partial charge on any atom is -0.342 e. The summed E-state index contributed by atoms with van der Waals surface area (Å²) in [6.07, 6.45) is 3.35. The summed E-state index contributed by atoms with van der Waals surface area (Å²) in [5, 5.41) is 4.29. The highest BCUT2D eigenvalue weighted by molar-refractivity contribution is 5.78. The van der Waals surface area contributed by atoms with Gasteiger partial charge in [-0.25, -0.2) is 0 Å². The molecule has 0 aliphatic carbocycles. The molecular weight excluding hydrogens is 204 g/mol. The second kappa shape index (κ2) is 4.65. The number of likely N-dealkylation sites (tertiary alicyclic amines) is 1. The first-order valence-electron chi connectivity index (χ1n) is 5.65. The molecule has 1 aromatic heterocycles. The summed E-state index contributed by atoms with van der Waals surface area (Å²) in [6.45, 7) is 2.17. The van der Waals surface area contributed by atoms with Crippen molar-refractivity contribution in [1.82, 2.24) is 14.7 Å². The standard InChI is InChI=1S/C11H18N4O/c1-14-4-2-10(13-14)3-5-15-8-9(7-12)6-11(15)16/h2,4,9H,3,5-8,12H2,1H3. The van der Waals surface area contributed by atoms with Gasteiger partial charge in [-0.2, -0.15) is 5.10 Å². The minimum absolute atomic E-state index is 0.228. The normalized spacial score (nSPS) is 20.8. The largest absolute Gasteiger partial charge is 0.342 e. The Morgan fingerprint density at radius 3 is 3.00 bits per heavy atom. The van der Waals surface area contributed by atoms with Crippen LogP contribution in [0.25, 0.3) is 0 Å². The maximum atomic E-state index is 11.6. The van der Waals surface area contributed by atoms with Gasteiger partial charge in [-0.3, -0.25) is 9.48 Å². The van der Waals surface area contributed by atoms with Crippen molar-refractivity contribution in [3.05, 3.63) is 18.0 Å². The van der Waals surface area contributed by atoms with Crippen LogP contribution in [0.15, 0.2) is 12.3 Å². The topological polar surface area (TPSA) is 64.2 Å². The van der Waals surface area contributed by atoms with E-state index in [0.29, 0.717) is 18.9 Å². The van der Waals surface area contributed by atoms with Crippen LogP contribution in [0.3, 0.4) is 0 Å². The van der Waals surface area contributed by atoms with E-state index >= 15 is 0 Å². The van der Waals surface area contributed by atoms with Crippen LogP contribution in [0.1, 0.15) is 12.1 Å². The number of aromatic nitrogens is 2. The molecule has 1 aliphatic rings. The Morgan fingerprint density at radius 2 is 2.44 bits per heavy atom. The maximum absolute atomic E-state index is 11.6. The summed E-state index contributed by atoms with van der Waals surface area (Å²) in [4.78, 5) is 13.5. The molecule has 88 valence electrons. The van der Waals surface area contributed by atoms with Gasteiger partial charge >= 0.3 is 0 Å². The number of nitrogens with two attached hydrogens (primary N) is 1. The van der Waals surface area contributed by atoms with E-state index in [9.17, 15) is 4.79 Å². The van der Waals surface area contributed by atoms with Crippen molar-refractivity contribution < 1.29 is 4.79 Å². The van der Waals surface area contributed by atoms with Crippen molar-refractivity contribution in [1.29, 1.82) is 0 Å². The van der Waals surface area contributed by atoms with Crippen LogP contribution in [0.2, 0.25) is 0 Å². The number of hydrogen-bond acceptors (Lipinski definition) is 3. The lowest BCUT2D eigenvalue weighted by Gasteiger charge is -2.15. The predicted octanol–water partition coefficient (Wildman–Crippen LogP) is -0.230. The molecule has 1 amide bonds. The van der Waals surface area contributed by atoms with E-state index in [1.54, 1.807) is 4.68 Å². The second-order valence-corrected chi connectivity index (χ2v) is 4.38. The van der Waals surface area contributed by atoms with Crippen LogP contribution in [0.4, 0.5) is 0 Å². The van der Waals surface area contributed by atoms with Crippen LogP contribution in [0.5, 0.6) is 0 Å². The number of hydrogen-bond donors (Lipinski definition) is 1. The first-order chi connectivity index (χ1) is 7.69. The molecule has 5 heteroatoms. The molecule has 1 saturated heterocycles. The van der Waals surface area contributed by atoms with Gasteiger partial charge < -0.3 is 10.6 Å². The Bertz CT molecular complexity index is 374. The zero-order valence-electron chi connectivity index (χ0n) is 9.59. The fourth-order valence-corrected chi connectivity index (χ4v) is 2.07. The first kappa shape index (κ1) is 11.1. The molecule has 1 atom stereocenters. The highest BCUT2D eigenvalue weighted by Gasteiger charge is 2.27. The third-order valence-corrected chi connectivity index (χ3v) is 3.03. The molecule has 2 rings (SSSR count). The van der Waals surface area contributed by atoms with Crippen molar-refractivity contribution in [3.8, 4) is 0 Å². The van der Waals surface area contributed by atoms with Crippen molar-refractivity contribution in [2.24, 2.45) is 18.7 Å². The average molecular weight is 222 g/mol. The van der Waals surface area contributed by atoms with E-state index < -0.39 is 0 Å². The van der Waals surface area contributed by atoms with Crippen LogP contribution in [-0.2, 0) is 18.3 Å². The molecule has 2 heterocycles. The second-order valence-electron chi connectivity index (χ2n) is 4.38. The van der Waals surface area contributed by atoms with Gasteiger partial charge in [0.2, 0.25) is 5.91 Å². The summed E-state index contributed by atoms with van der Waals surface area (Å²) in [5.74, 6) is 0.572. The summed E-state index contributed by atoms with van der Waals surface area (Å²) in [6, 6.07) is 1.99. The smallest absolute Gasteiger partial charge is 0.222 e. The van der Waals surface area contributed by atoms with Gasteiger partial charge in [0.05, 0.1) is 5.69 Å². The van der Waals surface area contributed by atoms with Crippen LogP contribution in [-0.4, -0.2) is 40.2 Å². The summed E-state index contributed by atoms with van der Waals surface area (Å²) in [7, 11) is 1.90. The SMILES string of the molecule is Cn1ccc(CCN2CC(CN)CC2=O)n1. The van der Waals surface area contributed by atoms with Gasteiger partial charge in [-0.1, -0.05) is 0 Å². The van der Waals surface area contributed by atoms with E-state index in [1.165, 1.54) is 0 Å². The maximum Gasteiger partial charge on any atom is 0.222 e. The van der Waals surface area contributed by atoms with Gasteiger partial charge in [0.15, 0.2) is 0 Å². The molecule has 1 aliphatic heterocycles. The van der Waals surface area contributed by atoms with Gasteiger partial charge in [-0.05, 0) is 18.5 Å². The van der Waals surface area contributed by atoms with E-state index in [1.807, 2.05) is 24.2 Å². The number of carbonyl (C=O) groups excluding carboxylic acids is 1. The fourth-order valence-electron chi connectivity index (χ4n) is 2.07. The fraction of sp³-hybridized carbons (Fsp3) is 0.636. The van der Waals surface area contributed by atoms with Crippen molar-refractivity contribution in [3.63, 3.8) is 0 Å². The van der Waals surface area contributed by atoms with Gasteiger partial charge in [0.25, 0.3) is 0 Å². The highest BCUT2D eigenvalue weighted by Crippen LogP contribution is 2.16. The molecule has 5 nitrogen and oxygen atoms in total. The summed E-state index contributed by atoms with van der Waals surface area (Å²) < 4.78 is 1.78. The number of rotatable bonds is 4. The lowest BCUT2D eigenvalue weighted by atomic mass is 10.1.